The van der Waals surface area contributed by atoms with E-state index in [1.54, 1.807) is 13.8 Å². The van der Waals surface area contributed by atoms with Crippen LogP contribution in [-0.4, -0.2) is 38.8 Å². The van der Waals surface area contributed by atoms with E-state index in [1.807, 2.05) is 0 Å². The molecule has 0 amide bonds. The summed E-state index contributed by atoms with van der Waals surface area (Å²) in [5, 5.41) is 6.43. The number of carbonyl (C=O) groups excluding carboxylic acids is 1. The summed E-state index contributed by atoms with van der Waals surface area (Å²) in [7, 11) is -1.51. The molecule has 1 N–H and O–H groups in total. The predicted octanol–water partition coefficient (Wildman–Crippen LogP) is 1.59. The van der Waals surface area contributed by atoms with Gasteiger partial charge in [-0.05, 0) is 32.0 Å². The zero-order valence-corrected chi connectivity index (χ0v) is 13.9. The Hall–Kier alpha value is -2.55. The van der Waals surface area contributed by atoms with Crippen molar-refractivity contribution in [3.05, 3.63) is 35.2 Å². The second kappa shape index (κ2) is 6.29. The fraction of sp³-hybridized carbons (Fsp3) is 0.286. The maximum absolute atomic E-state index is 12.4. The van der Waals surface area contributed by atoms with Gasteiger partial charge in [0.15, 0.2) is 11.5 Å². The lowest BCUT2D eigenvalue weighted by molar-refractivity contribution is 0.0600. The highest BCUT2D eigenvalue weighted by atomic mass is 32.2. The number of methoxy groups -OCH3 is 2. The van der Waals surface area contributed by atoms with Crippen molar-refractivity contribution in [2.45, 2.75) is 18.7 Å². The van der Waals surface area contributed by atoms with E-state index in [9.17, 15) is 13.2 Å². The lowest BCUT2D eigenvalue weighted by atomic mass is 10.2. The Bertz CT molecular complexity index is 821. The third-order valence-electron chi connectivity index (χ3n) is 3.09. The molecule has 0 atom stereocenters. The van der Waals surface area contributed by atoms with E-state index in [-0.39, 0.29) is 22.0 Å². The van der Waals surface area contributed by atoms with Gasteiger partial charge in [-0.2, -0.15) is 13.5 Å². The summed E-state index contributed by atoms with van der Waals surface area (Å²) in [4.78, 5) is 11.5. The van der Waals surface area contributed by atoms with Gasteiger partial charge >= 0.3 is 16.1 Å². The van der Waals surface area contributed by atoms with Gasteiger partial charge in [-0.3, -0.25) is 5.10 Å². The van der Waals surface area contributed by atoms with Crippen LogP contribution in [0.3, 0.4) is 0 Å². The normalized spacial score (nSPS) is 11.1. The molecule has 0 bridgehead atoms. The highest BCUT2D eigenvalue weighted by molar-refractivity contribution is 7.87. The van der Waals surface area contributed by atoms with Crippen LogP contribution in [0.2, 0.25) is 0 Å². The highest BCUT2D eigenvalue weighted by Crippen LogP contribution is 2.32. The summed E-state index contributed by atoms with van der Waals surface area (Å²) >= 11 is 0. The largest absolute Gasteiger partial charge is 0.493 e. The molecule has 2 rings (SSSR count). The zero-order valence-electron chi connectivity index (χ0n) is 13.0. The summed E-state index contributed by atoms with van der Waals surface area (Å²) < 4.78 is 39.7. The molecule has 0 spiro atoms. The second-order valence-electron chi connectivity index (χ2n) is 4.66. The van der Waals surface area contributed by atoms with Gasteiger partial charge in [-0.25, -0.2) is 4.79 Å². The molecule has 1 heterocycles. The average Bonchev–Trinajstić information content (AvgIpc) is 2.86. The molecule has 9 heteroatoms. The van der Waals surface area contributed by atoms with Crippen LogP contribution in [0.5, 0.6) is 11.5 Å². The van der Waals surface area contributed by atoms with Gasteiger partial charge in [0.25, 0.3) is 0 Å². The average molecular weight is 340 g/mol. The summed E-state index contributed by atoms with van der Waals surface area (Å²) in [5.41, 5.74) is 0.880. The van der Waals surface area contributed by atoms with Gasteiger partial charge in [0.1, 0.15) is 4.90 Å². The fourth-order valence-electron chi connectivity index (χ4n) is 2.05. The van der Waals surface area contributed by atoms with E-state index in [1.165, 1.54) is 32.4 Å². The Balaban J connectivity index is 2.42. The monoisotopic (exact) mass is 340 g/mol. The third-order valence-corrected chi connectivity index (χ3v) is 4.60. The number of aromatic amines is 1. The van der Waals surface area contributed by atoms with Crippen molar-refractivity contribution in [3.63, 3.8) is 0 Å². The Labute approximate surface area is 133 Å². The Morgan fingerprint density at radius 3 is 2.39 bits per heavy atom. The van der Waals surface area contributed by atoms with Crippen LogP contribution in [-0.2, 0) is 14.9 Å². The van der Waals surface area contributed by atoms with Crippen molar-refractivity contribution in [1.29, 1.82) is 0 Å². The first-order chi connectivity index (χ1) is 10.8. The van der Waals surface area contributed by atoms with Crippen LogP contribution in [0, 0.1) is 13.8 Å². The van der Waals surface area contributed by atoms with Crippen molar-refractivity contribution < 1.29 is 26.9 Å². The molecule has 23 heavy (non-hydrogen) atoms. The predicted molar refractivity (Wildman–Crippen MR) is 80.2 cm³/mol. The van der Waals surface area contributed by atoms with Gasteiger partial charge in [0.2, 0.25) is 0 Å². The molecule has 124 valence electrons. The van der Waals surface area contributed by atoms with Crippen molar-refractivity contribution in [2.75, 3.05) is 14.2 Å². The van der Waals surface area contributed by atoms with Gasteiger partial charge in [0.05, 0.1) is 31.2 Å². The number of nitrogens with zero attached hydrogens (tertiary/aromatic N) is 1. The number of ether oxygens (including phenoxy) is 2. The molecule has 0 aliphatic heterocycles. The van der Waals surface area contributed by atoms with E-state index < -0.39 is 16.1 Å². The molecule has 0 saturated carbocycles. The van der Waals surface area contributed by atoms with Crippen molar-refractivity contribution in [3.8, 4) is 11.5 Å². The van der Waals surface area contributed by atoms with Gasteiger partial charge in [-0.15, -0.1) is 0 Å². The number of aryl methyl sites for hydroxylation is 2. The SMILES string of the molecule is COC(=O)c1ccc(OS(=O)(=O)c2c(C)n[nH]c2C)c(OC)c1. The van der Waals surface area contributed by atoms with Crippen LogP contribution >= 0.6 is 0 Å². The fourth-order valence-corrected chi connectivity index (χ4v) is 3.34. The van der Waals surface area contributed by atoms with Crippen molar-refractivity contribution in [1.82, 2.24) is 10.2 Å². The quantitative estimate of drug-likeness (QED) is 0.650. The van der Waals surface area contributed by atoms with E-state index in [0.717, 1.165) is 0 Å². The molecular formula is C14H16N2O6S. The van der Waals surface area contributed by atoms with Crippen LogP contribution in [0.1, 0.15) is 21.7 Å². The second-order valence-corrected chi connectivity index (χ2v) is 6.14. The molecule has 0 radical (unpaired) electrons. The van der Waals surface area contributed by atoms with Crippen LogP contribution < -0.4 is 8.92 Å². The van der Waals surface area contributed by atoms with E-state index >= 15 is 0 Å². The van der Waals surface area contributed by atoms with Gasteiger partial charge in [-0.1, -0.05) is 0 Å². The number of benzene rings is 1. The van der Waals surface area contributed by atoms with Gasteiger partial charge < -0.3 is 13.7 Å². The van der Waals surface area contributed by atoms with Crippen LogP contribution in [0.25, 0.3) is 0 Å². The summed E-state index contributed by atoms with van der Waals surface area (Å²) in [5.74, 6) is -0.519. The number of nitrogens with one attached hydrogen (secondary N) is 1. The van der Waals surface area contributed by atoms with E-state index in [2.05, 4.69) is 14.9 Å². The smallest absolute Gasteiger partial charge is 0.343 e. The number of hydrogen-bond acceptors (Lipinski definition) is 7. The first-order valence-electron chi connectivity index (χ1n) is 6.52. The maximum Gasteiger partial charge on any atom is 0.343 e. The Kier molecular flexibility index (Phi) is 4.60. The molecule has 2 aromatic rings. The number of rotatable bonds is 5. The molecule has 8 nitrogen and oxygen atoms in total. The molecule has 0 fully saturated rings. The Morgan fingerprint density at radius 1 is 1.17 bits per heavy atom. The number of H-pyrrole nitrogens is 1. The maximum atomic E-state index is 12.4. The minimum Gasteiger partial charge on any atom is -0.493 e. The topological polar surface area (TPSA) is 108 Å². The number of hydrogen-bond donors (Lipinski definition) is 1. The third kappa shape index (κ3) is 3.29. The molecule has 0 unspecified atom stereocenters. The van der Waals surface area contributed by atoms with E-state index in [4.69, 9.17) is 8.92 Å². The Morgan fingerprint density at radius 2 is 1.87 bits per heavy atom. The molecule has 1 aromatic heterocycles. The van der Waals surface area contributed by atoms with Gasteiger partial charge in [0, 0.05) is 0 Å². The summed E-state index contributed by atoms with van der Waals surface area (Å²) in [6.45, 7) is 3.13. The lowest BCUT2D eigenvalue weighted by Gasteiger charge is -2.11. The highest BCUT2D eigenvalue weighted by Gasteiger charge is 2.26. The van der Waals surface area contributed by atoms with Crippen molar-refractivity contribution in [2.24, 2.45) is 0 Å². The zero-order chi connectivity index (χ0) is 17.2. The summed E-state index contributed by atoms with van der Waals surface area (Å²) in [6.07, 6.45) is 0. The molecule has 1 aromatic carbocycles. The number of aromatic nitrogens is 2. The van der Waals surface area contributed by atoms with Crippen molar-refractivity contribution >= 4 is 16.1 Å². The van der Waals surface area contributed by atoms with Crippen LogP contribution in [0.15, 0.2) is 23.1 Å². The standard InChI is InChI=1S/C14H16N2O6S/c1-8-13(9(2)16-15-8)23(18,19)22-11-6-5-10(14(17)21-4)7-12(11)20-3/h5-7H,1-4H3,(H,15,16). The minimum atomic E-state index is -4.09. The van der Waals surface area contributed by atoms with Crippen LogP contribution in [0.4, 0.5) is 0 Å². The van der Waals surface area contributed by atoms with E-state index in [0.29, 0.717) is 11.4 Å². The first kappa shape index (κ1) is 16.8. The lowest BCUT2D eigenvalue weighted by Crippen LogP contribution is -2.12. The molecule has 0 saturated heterocycles. The first-order valence-corrected chi connectivity index (χ1v) is 7.93. The molecule has 0 aliphatic rings. The number of esters is 1. The molecule has 0 aliphatic carbocycles. The summed E-state index contributed by atoms with van der Waals surface area (Å²) in [6, 6.07) is 4.05. The number of carbonyl (C=O) groups is 1. The molecular weight excluding hydrogens is 324 g/mol. The minimum absolute atomic E-state index is 0.0309.